The van der Waals surface area contributed by atoms with E-state index in [1.165, 1.54) is 0 Å². The second kappa shape index (κ2) is 9.75. The minimum Gasteiger partial charge on any atom is -0.454 e. The Balaban J connectivity index is 1.19. The van der Waals surface area contributed by atoms with Gasteiger partial charge in [-0.1, -0.05) is 15.9 Å². The van der Waals surface area contributed by atoms with Gasteiger partial charge in [-0.05, 0) is 49.2 Å². The molecule has 0 spiro atoms. The molecule has 1 N–H and O–H groups in total. The summed E-state index contributed by atoms with van der Waals surface area (Å²) >= 11 is 5.11. The Morgan fingerprint density at radius 1 is 1.07 bits per heavy atom. The van der Waals surface area contributed by atoms with Crippen LogP contribution in [0.15, 0.2) is 51.8 Å². The number of anilines is 1. The van der Waals surface area contributed by atoms with Gasteiger partial charge in [0, 0.05) is 52.3 Å². The summed E-state index contributed by atoms with van der Waals surface area (Å²) < 4.78 is 11.7. The van der Waals surface area contributed by atoms with Crippen LogP contribution in [0.2, 0.25) is 0 Å². The third-order valence-electron chi connectivity index (χ3n) is 5.26. The Labute approximate surface area is 188 Å². The summed E-state index contributed by atoms with van der Waals surface area (Å²) in [5.74, 6) is 2.16. The Morgan fingerprint density at radius 3 is 2.57 bits per heavy atom. The Morgan fingerprint density at radius 2 is 1.80 bits per heavy atom. The van der Waals surface area contributed by atoms with E-state index >= 15 is 0 Å². The number of hydrogen-bond donors (Lipinski definition) is 1. The first-order valence-electron chi connectivity index (χ1n) is 9.95. The summed E-state index contributed by atoms with van der Waals surface area (Å²) in [6.07, 6.45) is 1.87. The summed E-state index contributed by atoms with van der Waals surface area (Å²) in [4.78, 5) is 28.1. The molecule has 0 bridgehead atoms. The quantitative estimate of drug-likeness (QED) is 0.602. The van der Waals surface area contributed by atoms with Gasteiger partial charge in [-0.25, -0.2) is 0 Å². The predicted octanol–water partition coefficient (Wildman–Crippen LogP) is 4.54. The molecule has 0 aromatic heterocycles. The summed E-state index contributed by atoms with van der Waals surface area (Å²) in [5, 5.41) is 2.96. The molecule has 0 atom stereocenters. The zero-order valence-electron chi connectivity index (χ0n) is 16.4. The van der Waals surface area contributed by atoms with E-state index in [1.54, 1.807) is 23.9 Å². The average Bonchev–Trinajstić information content (AvgIpc) is 3.23. The van der Waals surface area contributed by atoms with E-state index in [0.29, 0.717) is 49.5 Å². The maximum Gasteiger partial charge on any atom is 0.231 e. The van der Waals surface area contributed by atoms with Gasteiger partial charge in [0.15, 0.2) is 11.5 Å². The molecule has 2 amide bonds. The highest BCUT2D eigenvalue weighted by Crippen LogP contribution is 2.34. The lowest BCUT2D eigenvalue weighted by Crippen LogP contribution is -2.41. The van der Waals surface area contributed by atoms with E-state index in [0.717, 1.165) is 15.1 Å². The van der Waals surface area contributed by atoms with Crippen LogP contribution in [0.1, 0.15) is 19.3 Å². The number of hydrogen-bond acceptors (Lipinski definition) is 5. The van der Waals surface area contributed by atoms with Gasteiger partial charge in [-0.15, -0.1) is 11.8 Å². The summed E-state index contributed by atoms with van der Waals surface area (Å²) in [6.45, 7) is 1.46. The van der Waals surface area contributed by atoms with Crippen LogP contribution in [0.3, 0.4) is 0 Å². The fourth-order valence-electron chi connectivity index (χ4n) is 3.55. The molecular formula is C22H23BrN2O4S. The number of nitrogens with one attached hydrogen (secondary N) is 1. The fraction of sp³-hybridized carbons (Fsp3) is 0.364. The summed E-state index contributed by atoms with van der Waals surface area (Å²) in [7, 11) is 0. The second-order valence-electron chi connectivity index (χ2n) is 7.26. The van der Waals surface area contributed by atoms with Crippen LogP contribution in [0, 0.1) is 5.92 Å². The number of carbonyl (C=O) groups is 2. The van der Waals surface area contributed by atoms with Crippen molar-refractivity contribution in [3.63, 3.8) is 0 Å². The molecule has 1 fully saturated rings. The van der Waals surface area contributed by atoms with E-state index in [9.17, 15) is 9.59 Å². The van der Waals surface area contributed by atoms with Gasteiger partial charge in [0.25, 0.3) is 0 Å². The zero-order valence-corrected chi connectivity index (χ0v) is 18.8. The van der Waals surface area contributed by atoms with Crippen molar-refractivity contribution in [1.29, 1.82) is 0 Å². The van der Waals surface area contributed by atoms with Crippen LogP contribution in [0.5, 0.6) is 11.5 Å². The van der Waals surface area contributed by atoms with Gasteiger partial charge in [0.05, 0.1) is 0 Å². The molecule has 0 unspecified atom stereocenters. The number of carbonyl (C=O) groups excluding carboxylic acids is 2. The van der Waals surface area contributed by atoms with Crippen LogP contribution in [-0.4, -0.2) is 42.3 Å². The third-order valence-corrected chi connectivity index (χ3v) is 6.80. The van der Waals surface area contributed by atoms with E-state index in [4.69, 9.17) is 9.47 Å². The third kappa shape index (κ3) is 5.29. The summed E-state index contributed by atoms with van der Waals surface area (Å²) in [6, 6.07) is 13.5. The minimum absolute atomic E-state index is 0.00763. The number of piperidine rings is 1. The molecule has 0 radical (unpaired) electrons. The number of benzene rings is 2. The van der Waals surface area contributed by atoms with E-state index < -0.39 is 0 Å². The topological polar surface area (TPSA) is 67.9 Å². The maximum absolute atomic E-state index is 12.6. The van der Waals surface area contributed by atoms with Gasteiger partial charge in [-0.3, -0.25) is 9.59 Å². The molecule has 2 heterocycles. The van der Waals surface area contributed by atoms with Crippen LogP contribution >= 0.6 is 27.7 Å². The number of rotatable bonds is 6. The Bertz CT molecular complexity index is 914. The van der Waals surface area contributed by atoms with Gasteiger partial charge >= 0.3 is 0 Å². The number of amides is 2. The SMILES string of the molecule is O=C(Nc1ccc2c(c1)OCO2)C1CCN(C(=O)CCSc2ccc(Br)cc2)CC1. The Kier molecular flexibility index (Phi) is 6.84. The van der Waals surface area contributed by atoms with Crippen molar-refractivity contribution in [3.8, 4) is 11.5 Å². The number of thioether (sulfide) groups is 1. The molecule has 2 aromatic carbocycles. The van der Waals surface area contributed by atoms with Crippen LogP contribution in [0.4, 0.5) is 5.69 Å². The molecule has 158 valence electrons. The predicted molar refractivity (Wildman–Crippen MR) is 120 cm³/mol. The van der Waals surface area contributed by atoms with Crippen LogP contribution < -0.4 is 14.8 Å². The van der Waals surface area contributed by atoms with Crippen molar-refractivity contribution in [2.45, 2.75) is 24.2 Å². The molecular weight excluding hydrogens is 468 g/mol. The van der Waals surface area contributed by atoms with E-state index in [1.807, 2.05) is 35.2 Å². The van der Waals surface area contributed by atoms with Crippen molar-refractivity contribution in [2.75, 3.05) is 31.0 Å². The van der Waals surface area contributed by atoms with E-state index in [2.05, 4.69) is 21.2 Å². The molecule has 4 rings (SSSR count). The number of ether oxygens (including phenoxy) is 2. The van der Waals surface area contributed by atoms with Gasteiger partial charge < -0.3 is 19.7 Å². The molecule has 2 aliphatic heterocycles. The zero-order chi connectivity index (χ0) is 20.9. The summed E-state index contributed by atoms with van der Waals surface area (Å²) in [5.41, 5.74) is 0.702. The van der Waals surface area contributed by atoms with Crippen LogP contribution in [-0.2, 0) is 9.59 Å². The smallest absolute Gasteiger partial charge is 0.231 e. The highest BCUT2D eigenvalue weighted by molar-refractivity contribution is 9.10. The van der Waals surface area contributed by atoms with Crippen molar-refractivity contribution in [2.24, 2.45) is 5.92 Å². The van der Waals surface area contributed by atoms with Gasteiger partial charge in [-0.2, -0.15) is 0 Å². The molecule has 30 heavy (non-hydrogen) atoms. The van der Waals surface area contributed by atoms with Crippen molar-refractivity contribution >= 4 is 45.2 Å². The number of fused-ring (bicyclic) bond motifs is 1. The molecule has 8 heteroatoms. The monoisotopic (exact) mass is 490 g/mol. The number of nitrogens with zero attached hydrogens (tertiary/aromatic N) is 1. The Hall–Kier alpha value is -2.19. The maximum atomic E-state index is 12.6. The van der Waals surface area contributed by atoms with E-state index in [-0.39, 0.29) is 24.5 Å². The normalized spacial score (nSPS) is 15.8. The standard InChI is InChI=1S/C22H23BrN2O4S/c23-16-1-4-18(5-2-16)30-12-9-21(26)25-10-7-15(8-11-25)22(27)24-17-3-6-19-20(13-17)29-14-28-19/h1-6,13,15H,7-12,14H2,(H,24,27). The first-order chi connectivity index (χ1) is 14.6. The lowest BCUT2D eigenvalue weighted by molar-refractivity contribution is -0.134. The van der Waals surface area contributed by atoms with Crippen molar-refractivity contribution in [3.05, 3.63) is 46.9 Å². The van der Waals surface area contributed by atoms with Gasteiger partial charge in [0.1, 0.15) is 0 Å². The van der Waals surface area contributed by atoms with Gasteiger partial charge in [0.2, 0.25) is 18.6 Å². The number of halogens is 1. The first-order valence-corrected chi connectivity index (χ1v) is 11.7. The second-order valence-corrected chi connectivity index (χ2v) is 9.35. The fourth-order valence-corrected chi connectivity index (χ4v) is 4.66. The lowest BCUT2D eigenvalue weighted by atomic mass is 9.95. The molecule has 1 saturated heterocycles. The largest absolute Gasteiger partial charge is 0.454 e. The average molecular weight is 491 g/mol. The molecule has 6 nitrogen and oxygen atoms in total. The lowest BCUT2D eigenvalue weighted by Gasteiger charge is -2.31. The highest BCUT2D eigenvalue weighted by Gasteiger charge is 2.27. The molecule has 0 saturated carbocycles. The van der Waals surface area contributed by atoms with Crippen molar-refractivity contribution in [1.82, 2.24) is 4.90 Å². The minimum atomic E-state index is -0.0865. The van der Waals surface area contributed by atoms with Crippen LogP contribution in [0.25, 0.3) is 0 Å². The highest BCUT2D eigenvalue weighted by atomic mass is 79.9. The first kappa shape index (κ1) is 21.1. The molecule has 2 aliphatic rings. The van der Waals surface area contributed by atoms with Crippen molar-refractivity contribution < 1.29 is 19.1 Å². The number of likely N-dealkylation sites (tertiary alicyclic amines) is 1. The molecule has 2 aromatic rings. The molecule has 0 aliphatic carbocycles.